The minimum absolute atomic E-state index is 0.421. The summed E-state index contributed by atoms with van der Waals surface area (Å²) in [5.41, 5.74) is 2.57. The summed E-state index contributed by atoms with van der Waals surface area (Å²) in [5.74, 6) is 0. The highest BCUT2D eigenvalue weighted by Gasteiger charge is 2.27. The molecule has 6 heteroatoms. The summed E-state index contributed by atoms with van der Waals surface area (Å²) in [7, 11) is -0.129. The number of thiophene rings is 1. The smallest absolute Gasteiger partial charge is 0.265 e. The standard InChI is InChI=1S/C15H20N2O2S2/c1-11-5-7-13(8-6-11)17(4)21(18,19)15-12(2)10-20-14(15)9-16-3/h5-8,10,16H,9H2,1-4H3. The van der Waals surface area contributed by atoms with E-state index in [9.17, 15) is 8.42 Å². The summed E-state index contributed by atoms with van der Waals surface area (Å²) in [4.78, 5) is 1.26. The van der Waals surface area contributed by atoms with Crippen LogP contribution in [-0.4, -0.2) is 22.5 Å². The number of anilines is 1. The van der Waals surface area contributed by atoms with Crippen LogP contribution < -0.4 is 9.62 Å². The van der Waals surface area contributed by atoms with Crippen molar-refractivity contribution in [2.75, 3.05) is 18.4 Å². The molecule has 21 heavy (non-hydrogen) atoms. The monoisotopic (exact) mass is 324 g/mol. The first-order valence-electron chi connectivity index (χ1n) is 6.65. The van der Waals surface area contributed by atoms with Crippen molar-refractivity contribution in [3.63, 3.8) is 0 Å². The average Bonchev–Trinajstić information content (AvgIpc) is 2.81. The van der Waals surface area contributed by atoms with Gasteiger partial charge in [0.15, 0.2) is 0 Å². The molecule has 0 spiro atoms. The molecule has 2 rings (SSSR count). The fourth-order valence-corrected chi connectivity index (χ4v) is 5.11. The molecule has 0 bridgehead atoms. The first-order valence-corrected chi connectivity index (χ1v) is 8.97. The highest BCUT2D eigenvalue weighted by atomic mass is 32.2. The van der Waals surface area contributed by atoms with Gasteiger partial charge in [-0.05, 0) is 44.0 Å². The highest BCUT2D eigenvalue weighted by molar-refractivity contribution is 7.93. The van der Waals surface area contributed by atoms with Gasteiger partial charge in [0, 0.05) is 18.5 Å². The Kier molecular flexibility index (Phi) is 4.70. The summed E-state index contributed by atoms with van der Waals surface area (Å²) >= 11 is 1.47. The molecule has 1 N–H and O–H groups in total. The molecule has 4 nitrogen and oxygen atoms in total. The lowest BCUT2D eigenvalue weighted by Gasteiger charge is -2.20. The van der Waals surface area contributed by atoms with Gasteiger partial charge in [-0.3, -0.25) is 4.31 Å². The van der Waals surface area contributed by atoms with Gasteiger partial charge >= 0.3 is 0 Å². The van der Waals surface area contributed by atoms with E-state index in [0.29, 0.717) is 17.1 Å². The summed E-state index contributed by atoms with van der Waals surface area (Å²) < 4.78 is 27.1. The maximum atomic E-state index is 12.9. The van der Waals surface area contributed by atoms with Gasteiger partial charge in [0.1, 0.15) is 4.90 Å². The minimum atomic E-state index is -3.54. The molecule has 0 amide bonds. The molecule has 0 aliphatic rings. The topological polar surface area (TPSA) is 49.4 Å². The fraction of sp³-hybridized carbons (Fsp3) is 0.333. The van der Waals surface area contributed by atoms with Crippen molar-refractivity contribution < 1.29 is 8.42 Å². The van der Waals surface area contributed by atoms with Crippen LogP contribution in [0.1, 0.15) is 16.0 Å². The Morgan fingerprint density at radius 2 is 1.81 bits per heavy atom. The number of nitrogens with one attached hydrogen (secondary N) is 1. The molecule has 0 unspecified atom stereocenters. The molecule has 0 saturated heterocycles. The Hall–Kier alpha value is -1.37. The molecule has 0 atom stereocenters. The highest BCUT2D eigenvalue weighted by Crippen LogP contribution is 2.31. The van der Waals surface area contributed by atoms with E-state index in [1.54, 1.807) is 7.05 Å². The van der Waals surface area contributed by atoms with Crippen molar-refractivity contribution in [2.45, 2.75) is 25.3 Å². The number of sulfonamides is 1. The molecule has 2 aromatic rings. The van der Waals surface area contributed by atoms with Crippen LogP contribution in [0.4, 0.5) is 5.69 Å². The lowest BCUT2D eigenvalue weighted by Crippen LogP contribution is -2.28. The van der Waals surface area contributed by atoms with Gasteiger partial charge in [0.05, 0.1) is 5.69 Å². The largest absolute Gasteiger partial charge is 0.315 e. The molecule has 1 aromatic heterocycles. The van der Waals surface area contributed by atoms with Crippen molar-refractivity contribution in [3.05, 3.63) is 45.6 Å². The molecule has 1 aromatic carbocycles. The third-order valence-corrected chi connectivity index (χ3v) is 6.59. The maximum absolute atomic E-state index is 12.9. The molecule has 0 radical (unpaired) electrons. The van der Waals surface area contributed by atoms with E-state index in [1.165, 1.54) is 15.6 Å². The number of rotatable bonds is 5. The van der Waals surface area contributed by atoms with E-state index in [4.69, 9.17) is 0 Å². The summed E-state index contributed by atoms with van der Waals surface area (Å²) in [6.45, 7) is 4.37. The summed E-state index contributed by atoms with van der Waals surface area (Å²) in [5, 5.41) is 4.91. The van der Waals surface area contributed by atoms with Crippen LogP contribution in [0.2, 0.25) is 0 Å². The average molecular weight is 324 g/mol. The third-order valence-electron chi connectivity index (χ3n) is 3.34. The lowest BCUT2D eigenvalue weighted by molar-refractivity contribution is 0.592. The van der Waals surface area contributed by atoms with Gasteiger partial charge in [-0.1, -0.05) is 17.7 Å². The maximum Gasteiger partial charge on any atom is 0.265 e. The van der Waals surface area contributed by atoms with E-state index in [-0.39, 0.29) is 0 Å². The van der Waals surface area contributed by atoms with Crippen molar-refractivity contribution in [3.8, 4) is 0 Å². The Labute approximate surface area is 130 Å². The van der Waals surface area contributed by atoms with E-state index >= 15 is 0 Å². The molecule has 0 fully saturated rings. The van der Waals surface area contributed by atoms with Crippen LogP contribution in [-0.2, 0) is 16.6 Å². The normalized spacial score (nSPS) is 11.6. The molecule has 0 saturated carbocycles. The zero-order valence-corrected chi connectivity index (χ0v) is 14.3. The molecular weight excluding hydrogens is 304 g/mol. The van der Waals surface area contributed by atoms with Crippen LogP contribution in [0, 0.1) is 13.8 Å². The van der Waals surface area contributed by atoms with Crippen LogP contribution >= 0.6 is 11.3 Å². The quantitative estimate of drug-likeness (QED) is 0.920. The number of aryl methyl sites for hydroxylation is 2. The van der Waals surface area contributed by atoms with E-state index < -0.39 is 10.0 Å². The predicted molar refractivity (Wildman–Crippen MR) is 88.6 cm³/mol. The van der Waals surface area contributed by atoms with Crippen LogP contribution in [0.15, 0.2) is 34.5 Å². The third kappa shape index (κ3) is 3.12. The van der Waals surface area contributed by atoms with Gasteiger partial charge in [-0.15, -0.1) is 11.3 Å². The second-order valence-corrected chi connectivity index (χ2v) is 7.88. The van der Waals surface area contributed by atoms with Gasteiger partial charge in [-0.25, -0.2) is 8.42 Å². The predicted octanol–water partition coefficient (Wildman–Crippen LogP) is 2.91. The van der Waals surface area contributed by atoms with Gasteiger partial charge in [-0.2, -0.15) is 0 Å². The molecular formula is C15H20N2O2S2. The Balaban J connectivity index is 2.46. The van der Waals surface area contributed by atoms with Crippen LogP contribution in [0.3, 0.4) is 0 Å². The SMILES string of the molecule is CNCc1scc(C)c1S(=O)(=O)N(C)c1ccc(C)cc1. The lowest BCUT2D eigenvalue weighted by atomic mass is 10.2. The van der Waals surface area contributed by atoms with Gasteiger partial charge in [0.25, 0.3) is 10.0 Å². The Morgan fingerprint density at radius 1 is 1.19 bits per heavy atom. The van der Waals surface area contributed by atoms with Crippen molar-refractivity contribution in [2.24, 2.45) is 0 Å². The number of benzene rings is 1. The van der Waals surface area contributed by atoms with Crippen LogP contribution in [0.25, 0.3) is 0 Å². The van der Waals surface area contributed by atoms with E-state index in [0.717, 1.165) is 16.0 Å². The zero-order valence-electron chi connectivity index (χ0n) is 12.7. The molecule has 1 heterocycles. The number of hydrogen-bond acceptors (Lipinski definition) is 4. The van der Waals surface area contributed by atoms with Crippen LogP contribution in [0.5, 0.6) is 0 Å². The van der Waals surface area contributed by atoms with Crippen molar-refractivity contribution in [1.29, 1.82) is 0 Å². The zero-order chi connectivity index (χ0) is 15.6. The molecule has 114 valence electrons. The van der Waals surface area contributed by atoms with E-state index in [2.05, 4.69) is 5.32 Å². The first-order chi connectivity index (χ1) is 9.87. The van der Waals surface area contributed by atoms with Crippen molar-refractivity contribution >= 4 is 27.0 Å². The fourth-order valence-electron chi connectivity index (χ4n) is 2.15. The number of hydrogen-bond donors (Lipinski definition) is 1. The van der Waals surface area contributed by atoms with E-state index in [1.807, 2.05) is 50.5 Å². The van der Waals surface area contributed by atoms with Gasteiger partial charge < -0.3 is 5.32 Å². The second-order valence-electron chi connectivity index (χ2n) is 5.01. The first kappa shape index (κ1) is 16.0. The van der Waals surface area contributed by atoms with Crippen molar-refractivity contribution in [1.82, 2.24) is 5.32 Å². The molecule has 0 aliphatic carbocycles. The summed E-state index contributed by atoms with van der Waals surface area (Å²) in [6, 6.07) is 7.48. The van der Waals surface area contributed by atoms with Gasteiger partial charge in [0.2, 0.25) is 0 Å². The Morgan fingerprint density at radius 3 is 2.38 bits per heavy atom. The molecule has 0 aliphatic heterocycles. The second kappa shape index (κ2) is 6.17. The summed E-state index contributed by atoms with van der Waals surface area (Å²) in [6.07, 6.45) is 0. The minimum Gasteiger partial charge on any atom is -0.315 e. The Bertz CT molecular complexity index is 719. The number of nitrogens with zero attached hydrogens (tertiary/aromatic N) is 1.